The Kier molecular flexibility index (Phi) is 3.99. The van der Waals surface area contributed by atoms with Gasteiger partial charge >= 0.3 is 5.76 Å². The van der Waals surface area contributed by atoms with Crippen LogP contribution >= 0.6 is 43.5 Å². The van der Waals surface area contributed by atoms with E-state index in [4.69, 9.17) is 16.0 Å². The lowest BCUT2D eigenvalue weighted by molar-refractivity contribution is 0.528. The monoisotopic (exact) mass is 429 g/mol. The molecular formula is C15H10Br2ClNO2. The Morgan fingerprint density at radius 1 is 1.24 bits per heavy atom. The smallest absolute Gasteiger partial charge is 0.408 e. The molecule has 0 aliphatic rings. The molecule has 6 heteroatoms. The first-order chi connectivity index (χ1) is 9.97. The van der Waals surface area contributed by atoms with Crippen LogP contribution in [0, 0.1) is 0 Å². The Hall–Kier alpha value is -1.04. The molecule has 0 bridgehead atoms. The molecule has 0 aliphatic carbocycles. The molecule has 3 rings (SSSR count). The van der Waals surface area contributed by atoms with Crippen LogP contribution in [0.15, 0.2) is 50.1 Å². The minimum atomic E-state index is -0.366. The third-order valence-electron chi connectivity index (χ3n) is 3.34. The number of aromatic nitrogens is 1. The summed E-state index contributed by atoms with van der Waals surface area (Å²) in [6.45, 7) is 0. The van der Waals surface area contributed by atoms with Crippen molar-refractivity contribution in [1.29, 1.82) is 0 Å². The third kappa shape index (κ3) is 2.70. The number of alkyl halides is 1. The van der Waals surface area contributed by atoms with Crippen molar-refractivity contribution in [3.05, 3.63) is 67.6 Å². The zero-order valence-corrected chi connectivity index (χ0v) is 14.9. The maximum absolute atomic E-state index is 11.5. The topological polar surface area (TPSA) is 35.1 Å². The summed E-state index contributed by atoms with van der Waals surface area (Å²) in [5.41, 5.74) is 3.27. The summed E-state index contributed by atoms with van der Waals surface area (Å²) < 4.78 is 7.63. The van der Waals surface area contributed by atoms with Crippen molar-refractivity contribution in [2.24, 2.45) is 7.05 Å². The molecular weight excluding hydrogens is 421 g/mol. The van der Waals surface area contributed by atoms with Gasteiger partial charge in [0.05, 0.1) is 10.3 Å². The van der Waals surface area contributed by atoms with Crippen LogP contribution in [0.25, 0.3) is 11.1 Å². The van der Waals surface area contributed by atoms with Crippen molar-refractivity contribution in [3.8, 4) is 0 Å². The van der Waals surface area contributed by atoms with Crippen molar-refractivity contribution in [1.82, 2.24) is 4.57 Å². The van der Waals surface area contributed by atoms with Gasteiger partial charge in [-0.05, 0) is 35.4 Å². The van der Waals surface area contributed by atoms with E-state index in [2.05, 4.69) is 31.9 Å². The number of rotatable bonds is 2. The highest BCUT2D eigenvalue weighted by atomic mass is 79.9. The molecule has 0 saturated heterocycles. The SMILES string of the molecule is Cn1c(=O)oc2cc(C(Br)c3ccc(Br)cc3Cl)ccc21. The van der Waals surface area contributed by atoms with Crippen LogP contribution in [0.4, 0.5) is 0 Å². The molecule has 1 heterocycles. The van der Waals surface area contributed by atoms with Crippen LogP contribution in [0.2, 0.25) is 5.02 Å². The number of halogens is 3. The van der Waals surface area contributed by atoms with Crippen molar-refractivity contribution in [2.75, 3.05) is 0 Å². The Balaban J connectivity index is 2.09. The molecule has 108 valence electrons. The number of benzene rings is 2. The van der Waals surface area contributed by atoms with E-state index >= 15 is 0 Å². The van der Waals surface area contributed by atoms with Gasteiger partial charge < -0.3 is 4.42 Å². The molecule has 2 aromatic carbocycles. The van der Waals surface area contributed by atoms with Gasteiger partial charge in [0.2, 0.25) is 0 Å². The van der Waals surface area contributed by atoms with Gasteiger partial charge in [0.15, 0.2) is 5.58 Å². The van der Waals surface area contributed by atoms with Gasteiger partial charge in [-0.25, -0.2) is 4.79 Å². The lowest BCUT2D eigenvalue weighted by atomic mass is 10.0. The van der Waals surface area contributed by atoms with E-state index in [0.29, 0.717) is 10.6 Å². The molecule has 0 saturated carbocycles. The minimum Gasteiger partial charge on any atom is -0.408 e. The summed E-state index contributed by atoms with van der Waals surface area (Å²) in [5.74, 6) is -0.366. The number of hydrogen-bond donors (Lipinski definition) is 0. The molecule has 0 amide bonds. The third-order valence-corrected chi connectivity index (χ3v) is 5.19. The first kappa shape index (κ1) is 14.9. The van der Waals surface area contributed by atoms with Crippen LogP contribution in [0.3, 0.4) is 0 Å². The maximum atomic E-state index is 11.5. The van der Waals surface area contributed by atoms with E-state index < -0.39 is 0 Å². The fraction of sp³-hybridized carbons (Fsp3) is 0.133. The number of hydrogen-bond acceptors (Lipinski definition) is 2. The number of aryl methyl sites for hydroxylation is 1. The van der Waals surface area contributed by atoms with Gasteiger partial charge in [0.25, 0.3) is 0 Å². The fourth-order valence-electron chi connectivity index (χ4n) is 2.19. The highest BCUT2D eigenvalue weighted by Gasteiger charge is 2.16. The summed E-state index contributed by atoms with van der Waals surface area (Å²) in [6, 6.07) is 11.4. The summed E-state index contributed by atoms with van der Waals surface area (Å²) in [5, 5.41) is 0.667. The zero-order chi connectivity index (χ0) is 15.1. The molecule has 1 unspecified atom stereocenters. The second-order valence-corrected chi connectivity index (χ2v) is 6.92. The Morgan fingerprint density at radius 2 is 2.00 bits per heavy atom. The van der Waals surface area contributed by atoms with Gasteiger partial charge in [0, 0.05) is 16.5 Å². The number of fused-ring (bicyclic) bond motifs is 1. The largest absolute Gasteiger partial charge is 0.419 e. The zero-order valence-electron chi connectivity index (χ0n) is 10.9. The molecule has 0 aliphatic heterocycles. The maximum Gasteiger partial charge on any atom is 0.419 e. The molecule has 0 radical (unpaired) electrons. The van der Waals surface area contributed by atoms with Gasteiger partial charge in [-0.2, -0.15) is 0 Å². The second-order valence-electron chi connectivity index (χ2n) is 4.68. The van der Waals surface area contributed by atoms with Gasteiger partial charge in [-0.1, -0.05) is 55.6 Å². The first-order valence-electron chi connectivity index (χ1n) is 6.16. The van der Waals surface area contributed by atoms with E-state index in [-0.39, 0.29) is 10.6 Å². The normalized spacial score (nSPS) is 12.8. The van der Waals surface area contributed by atoms with Crippen LogP contribution in [0.5, 0.6) is 0 Å². The minimum absolute atomic E-state index is 0.0759. The molecule has 0 spiro atoms. The average Bonchev–Trinajstić information content (AvgIpc) is 2.73. The van der Waals surface area contributed by atoms with Crippen molar-refractivity contribution >= 4 is 54.6 Å². The summed E-state index contributed by atoms with van der Waals surface area (Å²) in [7, 11) is 1.69. The highest BCUT2D eigenvalue weighted by molar-refractivity contribution is 9.10. The molecule has 0 fully saturated rings. The predicted octanol–water partition coefficient (Wildman–Crippen LogP) is 5.03. The van der Waals surface area contributed by atoms with Crippen LogP contribution < -0.4 is 5.76 Å². The Bertz CT molecular complexity index is 885. The Labute approximate surface area is 142 Å². The van der Waals surface area contributed by atoms with Crippen LogP contribution in [-0.2, 0) is 7.05 Å². The van der Waals surface area contributed by atoms with Crippen molar-refractivity contribution < 1.29 is 4.42 Å². The molecule has 21 heavy (non-hydrogen) atoms. The number of oxazole rings is 1. The predicted molar refractivity (Wildman–Crippen MR) is 91.4 cm³/mol. The molecule has 3 nitrogen and oxygen atoms in total. The van der Waals surface area contributed by atoms with Gasteiger partial charge in [-0.3, -0.25) is 4.57 Å². The molecule has 1 aromatic heterocycles. The quantitative estimate of drug-likeness (QED) is 0.534. The molecule has 3 aromatic rings. The van der Waals surface area contributed by atoms with Crippen LogP contribution in [0.1, 0.15) is 16.0 Å². The van der Waals surface area contributed by atoms with E-state index in [1.807, 2.05) is 36.4 Å². The van der Waals surface area contributed by atoms with Crippen LogP contribution in [-0.4, -0.2) is 4.57 Å². The molecule has 1 atom stereocenters. The fourth-order valence-corrected chi connectivity index (χ4v) is 3.79. The van der Waals surface area contributed by atoms with E-state index in [1.165, 1.54) is 4.57 Å². The van der Waals surface area contributed by atoms with Gasteiger partial charge in [-0.15, -0.1) is 0 Å². The average molecular weight is 432 g/mol. The lowest BCUT2D eigenvalue weighted by Gasteiger charge is -2.12. The first-order valence-corrected chi connectivity index (χ1v) is 8.24. The van der Waals surface area contributed by atoms with E-state index in [9.17, 15) is 4.79 Å². The second kappa shape index (κ2) is 5.63. The number of nitrogens with zero attached hydrogens (tertiary/aromatic N) is 1. The van der Waals surface area contributed by atoms with E-state index in [1.54, 1.807) is 7.05 Å². The Morgan fingerprint density at radius 3 is 2.71 bits per heavy atom. The summed E-state index contributed by atoms with van der Waals surface area (Å²) in [6.07, 6.45) is 0. The summed E-state index contributed by atoms with van der Waals surface area (Å²) >= 11 is 13.3. The highest BCUT2D eigenvalue weighted by Crippen LogP contribution is 2.37. The van der Waals surface area contributed by atoms with Crippen molar-refractivity contribution in [2.45, 2.75) is 4.83 Å². The van der Waals surface area contributed by atoms with Gasteiger partial charge in [0.1, 0.15) is 0 Å². The van der Waals surface area contributed by atoms with Crippen molar-refractivity contribution in [3.63, 3.8) is 0 Å². The lowest BCUT2D eigenvalue weighted by Crippen LogP contribution is -2.08. The summed E-state index contributed by atoms with van der Waals surface area (Å²) in [4.78, 5) is 11.5. The van der Waals surface area contributed by atoms with E-state index in [0.717, 1.165) is 21.1 Å². The standard InChI is InChI=1S/C15H10Br2ClNO2/c1-19-12-5-2-8(6-13(12)21-15(19)20)14(17)10-4-3-9(16)7-11(10)18/h2-7,14H,1H3. The molecule has 0 N–H and O–H groups in total.